The average molecular weight is 385 g/mol. The fourth-order valence-electron chi connectivity index (χ4n) is 3.16. The third-order valence-corrected chi connectivity index (χ3v) is 4.73. The van der Waals surface area contributed by atoms with Gasteiger partial charge in [0.1, 0.15) is 17.3 Å². The van der Waals surface area contributed by atoms with Crippen LogP contribution in [-0.4, -0.2) is 23.2 Å². The Labute approximate surface area is 163 Å². The number of aromatic nitrogens is 2. The monoisotopic (exact) mass is 384 g/mol. The van der Waals surface area contributed by atoms with Crippen LogP contribution in [0.3, 0.4) is 0 Å². The van der Waals surface area contributed by atoms with Crippen molar-refractivity contribution in [3.05, 3.63) is 76.8 Å². The molecule has 2 aromatic carbocycles. The summed E-state index contributed by atoms with van der Waals surface area (Å²) in [5.41, 5.74) is 1.86. The third kappa shape index (κ3) is 4.16. The zero-order valence-corrected chi connectivity index (χ0v) is 15.8. The highest BCUT2D eigenvalue weighted by Crippen LogP contribution is 2.35. The van der Waals surface area contributed by atoms with Crippen molar-refractivity contribution in [2.75, 3.05) is 13.2 Å². The number of aryl methyl sites for hydroxylation is 1. The fourth-order valence-corrected chi connectivity index (χ4v) is 3.28. The van der Waals surface area contributed by atoms with Crippen LogP contribution in [0.1, 0.15) is 23.5 Å². The van der Waals surface area contributed by atoms with Crippen LogP contribution in [0.5, 0.6) is 11.5 Å². The number of halogens is 1. The molecule has 2 heterocycles. The van der Waals surface area contributed by atoms with Crippen LogP contribution in [0.15, 0.2) is 54.7 Å². The highest BCUT2D eigenvalue weighted by molar-refractivity contribution is 6.30. The maximum atomic E-state index is 6.10. The van der Waals surface area contributed by atoms with Crippen molar-refractivity contribution in [3.8, 4) is 11.5 Å². The summed E-state index contributed by atoms with van der Waals surface area (Å²) in [5, 5.41) is 0.680. The van der Waals surface area contributed by atoms with Crippen molar-refractivity contribution in [1.82, 2.24) is 9.97 Å². The summed E-state index contributed by atoms with van der Waals surface area (Å²) in [6, 6.07) is 15.1. The molecular formula is C21H21ClN2O3. The molecule has 1 N–H and O–H groups in total. The second kappa shape index (κ2) is 7.72. The van der Waals surface area contributed by atoms with Gasteiger partial charge in [-0.3, -0.25) is 0 Å². The summed E-state index contributed by atoms with van der Waals surface area (Å²) in [6.07, 6.45) is 3.34. The Morgan fingerprint density at radius 1 is 1.04 bits per heavy atom. The lowest BCUT2D eigenvalue weighted by atomic mass is 9.99. The maximum absolute atomic E-state index is 6.10. The van der Waals surface area contributed by atoms with Gasteiger partial charge in [-0.25, -0.2) is 4.98 Å². The number of hydrogen-bond donors (Lipinski definition) is 1. The number of hydrogen-bond acceptors (Lipinski definition) is 4. The third-order valence-electron chi connectivity index (χ3n) is 4.48. The summed E-state index contributed by atoms with van der Waals surface area (Å²) in [7, 11) is 0. The van der Waals surface area contributed by atoms with Gasteiger partial charge in [0.2, 0.25) is 5.79 Å². The standard InChI is InChI=1S/C21H21ClN2O3/c1-15-23-14-18(24-15)13-21(25-11-2-12-26-21)16-3-7-19(8-4-16)27-20-9-5-17(22)6-10-20/h3-10,14H,2,11-13H2,1H3,(H,23,24). The quantitative estimate of drug-likeness (QED) is 0.672. The molecule has 0 bridgehead atoms. The molecule has 1 aromatic heterocycles. The number of imidazole rings is 1. The van der Waals surface area contributed by atoms with Crippen molar-refractivity contribution >= 4 is 11.6 Å². The first-order chi connectivity index (χ1) is 13.1. The largest absolute Gasteiger partial charge is 0.457 e. The van der Waals surface area contributed by atoms with E-state index in [9.17, 15) is 0 Å². The summed E-state index contributed by atoms with van der Waals surface area (Å²) in [4.78, 5) is 7.62. The Hall–Kier alpha value is -2.34. The second-order valence-corrected chi connectivity index (χ2v) is 6.97. The van der Waals surface area contributed by atoms with Crippen LogP contribution in [-0.2, 0) is 21.7 Å². The minimum Gasteiger partial charge on any atom is -0.457 e. The number of ether oxygens (including phenoxy) is 3. The van der Waals surface area contributed by atoms with Crippen LogP contribution >= 0.6 is 11.6 Å². The van der Waals surface area contributed by atoms with E-state index >= 15 is 0 Å². The van der Waals surface area contributed by atoms with Gasteiger partial charge in [0.15, 0.2) is 0 Å². The van der Waals surface area contributed by atoms with Crippen molar-refractivity contribution in [2.24, 2.45) is 0 Å². The predicted octanol–water partition coefficient (Wildman–Crippen LogP) is 5.00. The fraction of sp³-hybridized carbons (Fsp3) is 0.286. The number of nitrogens with one attached hydrogen (secondary N) is 1. The van der Waals surface area contributed by atoms with E-state index < -0.39 is 5.79 Å². The predicted molar refractivity (Wildman–Crippen MR) is 103 cm³/mol. The van der Waals surface area contributed by atoms with Gasteiger partial charge >= 0.3 is 0 Å². The second-order valence-electron chi connectivity index (χ2n) is 6.54. The molecule has 5 nitrogen and oxygen atoms in total. The summed E-state index contributed by atoms with van der Waals surface area (Å²) < 4.78 is 18.1. The first kappa shape index (κ1) is 18.0. The summed E-state index contributed by atoms with van der Waals surface area (Å²) >= 11 is 5.91. The molecule has 0 atom stereocenters. The number of aromatic amines is 1. The smallest absolute Gasteiger partial charge is 0.200 e. The number of rotatable bonds is 5. The van der Waals surface area contributed by atoms with E-state index in [0.29, 0.717) is 24.7 Å². The van der Waals surface area contributed by atoms with Crippen molar-refractivity contribution in [2.45, 2.75) is 25.6 Å². The normalized spacial score (nSPS) is 16.2. The maximum Gasteiger partial charge on any atom is 0.200 e. The van der Waals surface area contributed by atoms with Crippen LogP contribution in [0.2, 0.25) is 5.02 Å². The van der Waals surface area contributed by atoms with E-state index in [4.69, 9.17) is 25.8 Å². The molecule has 27 heavy (non-hydrogen) atoms. The molecule has 0 radical (unpaired) electrons. The number of H-pyrrole nitrogens is 1. The molecule has 0 unspecified atom stereocenters. The minimum atomic E-state index is -0.821. The van der Waals surface area contributed by atoms with E-state index in [1.807, 2.05) is 49.5 Å². The molecule has 1 aliphatic heterocycles. The number of benzene rings is 2. The lowest BCUT2D eigenvalue weighted by Gasteiger charge is -2.37. The molecular weight excluding hydrogens is 364 g/mol. The Balaban J connectivity index is 1.56. The Morgan fingerprint density at radius 2 is 1.67 bits per heavy atom. The first-order valence-electron chi connectivity index (χ1n) is 8.96. The molecule has 4 rings (SSSR count). The van der Waals surface area contributed by atoms with Crippen LogP contribution in [0.4, 0.5) is 0 Å². The van der Waals surface area contributed by atoms with Crippen LogP contribution < -0.4 is 4.74 Å². The van der Waals surface area contributed by atoms with Crippen molar-refractivity contribution in [1.29, 1.82) is 0 Å². The van der Waals surface area contributed by atoms with Gasteiger partial charge in [-0.2, -0.15) is 0 Å². The molecule has 1 fully saturated rings. The van der Waals surface area contributed by atoms with Gasteiger partial charge in [-0.05, 0) is 61.9 Å². The van der Waals surface area contributed by atoms with Crippen LogP contribution in [0, 0.1) is 6.92 Å². The van der Waals surface area contributed by atoms with E-state index in [-0.39, 0.29) is 0 Å². The van der Waals surface area contributed by atoms with E-state index in [2.05, 4.69) is 9.97 Å². The summed E-state index contributed by atoms with van der Waals surface area (Å²) in [6.45, 7) is 3.25. The Kier molecular flexibility index (Phi) is 5.16. The number of nitrogens with zero attached hydrogens (tertiary/aromatic N) is 1. The zero-order valence-electron chi connectivity index (χ0n) is 15.1. The minimum absolute atomic E-state index is 0.550. The molecule has 0 amide bonds. The Bertz CT molecular complexity index is 885. The van der Waals surface area contributed by atoms with Gasteiger partial charge < -0.3 is 19.2 Å². The van der Waals surface area contributed by atoms with Gasteiger partial charge in [-0.15, -0.1) is 0 Å². The van der Waals surface area contributed by atoms with Gasteiger partial charge in [0.05, 0.1) is 25.3 Å². The molecule has 6 heteroatoms. The lowest BCUT2D eigenvalue weighted by molar-refractivity contribution is -0.276. The van der Waals surface area contributed by atoms with E-state index in [1.165, 1.54) is 0 Å². The average Bonchev–Trinajstić information content (AvgIpc) is 3.09. The van der Waals surface area contributed by atoms with Gasteiger partial charge in [-0.1, -0.05) is 11.6 Å². The van der Waals surface area contributed by atoms with E-state index in [0.717, 1.165) is 35.0 Å². The van der Waals surface area contributed by atoms with Gasteiger partial charge in [0.25, 0.3) is 0 Å². The molecule has 0 spiro atoms. The highest BCUT2D eigenvalue weighted by atomic mass is 35.5. The molecule has 1 aliphatic rings. The highest BCUT2D eigenvalue weighted by Gasteiger charge is 2.37. The molecule has 0 aliphatic carbocycles. The Morgan fingerprint density at radius 3 is 2.26 bits per heavy atom. The molecule has 1 saturated heterocycles. The van der Waals surface area contributed by atoms with Crippen LogP contribution in [0.25, 0.3) is 0 Å². The lowest BCUT2D eigenvalue weighted by Crippen LogP contribution is -2.40. The molecule has 140 valence electrons. The SMILES string of the molecule is Cc1nc(CC2(c3ccc(Oc4ccc(Cl)cc4)cc3)OCCCO2)c[nH]1. The molecule has 0 saturated carbocycles. The van der Waals surface area contributed by atoms with Crippen molar-refractivity contribution in [3.63, 3.8) is 0 Å². The van der Waals surface area contributed by atoms with Crippen molar-refractivity contribution < 1.29 is 14.2 Å². The topological polar surface area (TPSA) is 56.4 Å². The zero-order chi connectivity index (χ0) is 18.7. The summed E-state index contributed by atoms with van der Waals surface area (Å²) in [5.74, 6) is 1.53. The molecule has 3 aromatic rings. The van der Waals surface area contributed by atoms with Gasteiger partial charge in [0, 0.05) is 16.8 Å². The van der Waals surface area contributed by atoms with E-state index in [1.54, 1.807) is 12.1 Å². The first-order valence-corrected chi connectivity index (χ1v) is 9.34.